The number of para-hydroxylation sites is 1. The van der Waals surface area contributed by atoms with Gasteiger partial charge in [0.05, 0.1) is 12.7 Å². The lowest BCUT2D eigenvalue weighted by Crippen LogP contribution is -2.34. The maximum atomic E-state index is 10.6. The summed E-state index contributed by atoms with van der Waals surface area (Å²) < 4.78 is 12.0. The highest BCUT2D eigenvalue weighted by Gasteiger charge is 2.32. The van der Waals surface area contributed by atoms with E-state index in [1.807, 2.05) is 24.3 Å². The van der Waals surface area contributed by atoms with Crippen molar-refractivity contribution in [3.63, 3.8) is 0 Å². The summed E-state index contributed by atoms with van der Waals surface area (Å²) in [5.41, 5.74) is 0.749. The maximum absolute atomic E-state index is 10.6. The number of phenols is 1. The number of phenolic OH excluding ortho intramolecular Hbond substituents is 1. The summed E-state index contributed by atoms with van der Waals surface area (Å²) in [7, 11) is 0. The smallest absolute Gasteiger partial charge is 0.303 e. The Morgan fingerprint density at radius 3 is 2.84 bits per heavy atom. The van der Waals surface area contributed by atoms with Crippen molar-refractivity contribution < 1.29 is 24.5 Å². The molecular weight excluding hydrogens is 320 g/mol. The SMILES string of the molecule is CCCCCC1OCC(C=CCCC(=O)O)[C@@H](c2ccccc2O)O1. The number of aromatic hydroxyl groups is 1. The summed E-state index contributed by atoms with van der Waals surface area (Å²) in [5, 5.41) is 18.9. The van der Waals surface area contributed by atoms with E-state index in [9.17, 15) is 9.90 Å². The van der Waals surface area contributed by atoms with E-state index in [1.165, 1.54) is 0 Å². The zero-order valence-corrected chi connectivity index (χ0v) is 14.8. The second-order valence-electron chi connectivity index (χ2n) is 6.40. The van der Waals surface area contributed by atoms with Gasteiger partial charge in [-0.25, -0.2) is 0 Å². The van der Waals surface area contributed by atoms with E-state index in [0.717, 1.165) is 31.2 Å². The number of carboxylic acid groups (broad SMARTS) is 1. The average molecular weight is 348 g/mol. The Balaban J connectivity index is 2.06. The molecule has 1 aliphatic heterocycles. The standard InChI is InChI=1S/C20H28O5/c1-2-3-4-13-19-24-14-15(9-5-8-12-18(22)23)20(25-19)16-10-6-7-11-17(16)21/h5-7,9-11,15,19-21H,2-4,8,12-14H2,1H3,(H,22,23)/t15?,19?,20-/m0/s1. The largest absolute Gasteiger partial charge is 0.508 e. The molecule has 0 bridgehead atoms. The van der Waals surface area contributed by atoms with Gasteiger partial charge in [0.15, 0.2) is 6.29 Å². The fourth-order valence-corrected chi connectivity index (χ4v) is 2.99. The Morgan fingerprint density at radius 1 is 1.32 bits per heavy atom. The number of hydrogen-bond donors (Lipinski definition) is 2. The third-order valence-corrected chi connectivity index (χ3v) is 4.36. The van der Waals surface area contributed by atoms with Crippen LogP contribution < -0.4 is 0 Å². The molecule has 0 aliphatic carbocycles. The summed E-state index contributed by atoms with van der Waals surface area (Å²) in [5.74, 6) is -0.649. The lowest BCUT2D eigenvalue weighted by molar-refractivity contribution is -0.234. The quantitative estimate of drug-likeness (QED) is 0.510. The van der Waals surface area contributed by atoms with Crippen molar-refractivity contribution >= 4 is 5.97 Å². The van der Waals surface area contributed by atoms with E-state index in [1.54, 1.807) is 12.1 Å². The maximum Gasteiger partial charge on any atom is 0.303 e. The molecule has 0 aromatic heterocycles. The normalized spacial score (nSPS) is 23.8. The van der Waals surface area contributed by atoms with Gasteiger partial charge >= 0.3 is 5.97 Å². The lowest BCUT2D eigenvalue weighted by atomic mass is 9.93. The minimum Gasteiger partial charge on any atom is -0.508 e. The zero-order chi connectivity index (χ0) is 18.1. The molecule has 1 saturated heterocycles. The van der Waals surface area contributed by atoms with Gasteiger partial charge < -0.3 is 19.7 Å². The molecule has 0 spiro atoms. The van der Waals surface area contributed by atoms with E-state index in [4.69, 9.17) is 14.6 Å². The number of unbranched alkanes of at least 4 members (excludes halogenated alkanes) is 2. The van der Waals surface area contributed by atoms with Gasteiger partial charge in [0, 0.05) is 17.9 Å². The van der Waals surface area contributed by atoms with Crippen molar-refractivity contribution in [3.05, 3.63) is 42.0 Å². The first-order chi connectivity index (χ1) is 12.1. The highest BCUT2D eigenvalue weighted by atomic mass is 16.7. The zero-order valence-electron chi connectivity index (χ0n) is 14.8. The van der Waals surface area contributed by atoms with Crippen LogP contribution in [0.3, 0.4) is 0 Å². The van der Waals surface area contributed by atoms with E-state index in [-0.39, 0.29) is 30.5 Å². The third kappa shape index (κ3) is 6.18. The molecule has 2 unspecified atom stereocenters. The summed E-state index contributed by atoms with van der Waals surface area (Å²) in [6.07, 6.45) is 8.00. The van der Waals surface area contributed by atoms with Crippen LogP contribution >= 0.6 is 0 Å². The number of carbonyl (C=O) groups is 1. The first-order valence-corrected chi connectivity index (χ1v) is 9.05. The summed E-state index contributed by atoms with van der Waals surface area (Å²) in [6, 6.07) is 7.19. The second-order valence-corrected chi connectivity index (χ2v) is 6.40. The van der Waals surface area contributed by atoms with Gasteiger partial charge in [0.1, 0.15) is 5.75 Å². The molecule has 0 radical (unpaired) electrons. The summed E-state index contributed by atoms with van der Waals surface area (Å²) >= 11 is 0. The first kappa shape index (κ1) is 19.5. The minimum absolute atomic E-state index is 0.0514. The number of aliphatic carboxylic acids is 1. The first-order valence-electron chi connectivity index (χ1n) is 9.05. The summed E-state index contributed by atoms with van der Waals surface area (Å²) in [6.45, 7) is 2.66. The van der Waals surface area contributed by atoms with Crippen LogP contribution in [0.1, 0.15) is 57.1 Å². The molecule has 2 N–H and O–H groups in total. The van der Waals surface area contributed by atoms with Gasteiger partial charge in [-0.15, -0.1) is 0 Å². The highest BCUT2D eigenvalue weighted by molar-refractivity contribution is 5.66. The molecule has 25 heavy (non-hydrogen) atoms. The Kier molecular flexibility index (Phi) is 7.95. The van der Waals surface area contributed by atoms with E-state index < -0.39 is 5.97 Å². The van der Waals surface area contributed by atoms with E-state index in [2.05, 4.69) is 6.92 Å². The predicted molar refractivity (Wildman–Crippen MR) is 95.3 cm³/mol. The molecule has 0 amide bonds. The van der Waals surface area contributed by atoms with Gasteiger partial charge in [-0.05, 0) is 25.3 Å². The van der Waals surface area contributed by atoms with Crippen molar-refractivity contribution in [2.75, 3.05) is 6.61 Å². The van der Waals surface area contributed by atoms with Crippen LogP contribution in [0, 0.1) is 5.92 Å². The lowest BCUT2D eigenvalue weighted by Gasteiger charge is -2.36. The fourth-order valence-electron chi connectivity index (χ4n) is 2.99. The molecule has 1 aromatic rings. The molecule has 1 aromatic carbocycles. The van der Waals surface area contributed by atoms with Crippen LogP contribution in [-0.4, -0.2) is 29.1 Å². The molecule has 5 heteroatoms. The van der Waals surface area contributed by atoms with Gasteiger partial charge in [-0.3, -0.25) is 4.79 Å². The van der Waals surface area contributed by atoms with Crippen LogP contribution in [0.2, 0.25) is 0 Å². The molecule has 1 aliphatic rings. The van der Waals surface area contributed by atoms with Crippen molar-refractivity contribution in [2.24, 2.45) is 5.92 Å². The van der Waals surface area contributed by atoms with Gasteiger partial charge in [-0.2, -0.15) is 0 Å². The minimum atomic E-state index is -0.811. The molecule has 0 saturated carbocycles. The van der Waals surface area contributed by atoms with E-state index in [0.29, 0.717) is 13.0 Å². The molecular formula is C20H28O5. The number of rotatable bonds is 9. The fraction of sp³-hybridized carbons (Fsp3) is 0.550. The van der Waals surface area contributed by atoms with Crippen molar-refractivity contribution in [1.29, 1.82) is 0 Å². The van der Waals surface area contributed by atoms with Gasteiger partial charge in [-0.1, -0.05) is 50.1 Å². The van der Waals surface area contributed by atoms with Crippen molar-refractivity contribution in [2.45, 2.75) is 57.8 Å². The molecule has 1 heterocycles. The van der Waals surface area contributed by atoms with Crippen molar-refractivity contribution in [1.82, 2.24) is 0 Å². The molecule has 5 nitrogen and oxygen atoms in total. The van der Waals surface area contributed by atoms with Crippen LogP contribution in [0.4, 0.5) is 0 Å². The highest BCUT2D eigenvalue weighted by Crippen LogP contribution is 2.38. The van der Waals surface area contributed by atoms with Gasteiger partial charge in [0.2, 0.25) is 0 Å². The number of carboxylic acids is 1. The number of allylic oxidation sites excluding steroid dienone is 1. The third-order valence-electron chi connectivity index (χ3n) is 4.36. The predicted octanol–water partition coefficient (Wildman–Crippen LogP) is 4.42. The van der Waals surface area contributed by atoms with Crippen LogP contribution in [0.15, 0.2) is 36.4 Å². The number of ether oxygens (including phenoxy) is 2. The Labute approximate surface area is 149 Å². The van der Waals surface area contributed by atoms with Gasteiger partial charge in [0.25, 0.3) is 0 Å². The Morgan fingerprint density at radius 2 is 2.12 bits per heavy atom. The van der Waals surface area contributed by atoms with Crippen LogP contribution in [0.5, 0.6) is 5.75 Å². The monoisotopic (exact) mass is 348 g/mol. The van der Waals surface area contributed by atoms with Crippen molar-refractivity contribution in [3.8, 4) is 5.75 Å². The molecule has 2 rings (SSSR count). The van der Waals surface area contributed by atoms with Crippen LogP contribution in [-0.2, 0) is 14.3 Å². The topological polar surface area (TPSA) is 76.0 Å². The average Bonchev–Trinajstić information content (AvgIpc) is 2.60. The summed E-state index contributed by atoms with van der Waals surface area (Å²) in [4.78, 5) is 10.6. The van der Waals surface area contributed by atoms with E-state index >= 15 is 0 Å². The number of hydrogen-bond acceptors (Lipinski definition) is 4. The van der Waals surface area contributed by atoms with Crippen LogP contribution in [0.25, 0.3) is 0 Å². The molecule has 138 valence electrons. The Bertz CT molecular complexity index is 569. The molecule has 1 fully saturated rings. The Hall–Kier alpha value is -1.85. The second kappa shape index (κ2) is 10.2. The molecule has 3 atom stereocenters. The number of benzene rings is 1.